The van der Waals surface area contributed by atoms with Gasteiger partial charge in [-0.15, -0.1) is 161 Å². The molecule has 0 aliphatic heterocycles. The van der Waals surface area contributed by atoms with Crippen molar-refractivity contribution in [2.45, 2.75) is 160 Å². The molecule has 18 aromatic rings. The summed E-state index contributed by atoms with van der Waals surface area (Å²) in [5.41, 5.74) is 21.7. The number of aromatic nitrogens is 9. The third-order valence-electron chi connectivity index (χ3n) is 19.4. The van der Waals surface area contributed by atoms with E-state index in [1.165, 1.54) is 12.4 Å². The van der Waals surface area contributed by atoms with Gasteiger partial charge in [0.15, 0.2) is 0 Å². The Morgan fingerprint density at radius 3 is 0.892 bits per heavy atom. The molecule has 0 spiro atoms. The van der Waals surface area contributed by atoms with Gasteiger partial charge in [-0.3, -0.25) is 0 Å². The van der Waals surface area contributed by atoms with Gasteiger partial charge in [-0.05, 0) is 180 Å². The van der Waals surface area contributed by atoms with Crippen LogP contribution in [-0.4, -0.2) is 44.9 Å². The zero-order valence-corrected chi connectivity index (χ0v) is 77.0. The van der Waals surface area contributed by atoms with E-state index in [1.54, 1.807) is 56.0 Å². The molecule has 18 rings (SSSR count). The summed E-state index contributed by atoms with van der Waals surface area (Å²) in [7, 11) is 0. The summed E-state index contributed by atoms with van der Waals surface area (Å²) >= 11 is 0. The first-order valence-electron chi connectivity index (χ1n) is 44.6. The van der Waals surface area contributed by atoms with Gasteiger partial charge in [0.25, 0.3) is 0 Å². The molecule has 12 aromatic heterocycles. The predicted molar refractivity (Wildman–Crippen MR) is 479 cm³/mol. The standard InChI is InChI=1S/3C23H23N2O.C13H12N.C12H10N.C11H8N.3Ir/c3*1-13(2)16-9-10-17(19-8-6-7-11-24-19)22-20(16)21-18(14(3)4)12-15(5)25-23(21)26-22;1-10-8-13(14-9-11(10)2)12-6-4-3-5-7-12;1-10-7-8-12(13-9-10)11-5-3-2-4-6-11;1-2-6-10(7-3-1)11-8-4-5-9-12-11;;;/h3*6-9,11-14H,1-5H3;3-6,8-9H,1-2H3;2-5,7-9H,1H3;1-6,8-9H;;;/q6*-1;;;/i3*13D,14D;2D3;1D3;;;;. The second-order valence-electron chi connectivity index (χ2n) is 29.6. The van der Waals surface area contributed by atoms with Crippen molar-refractivity contribution in [3.8, 4) is 67.5 Å². The Bertz CT molecular complexity index is 6490. The number of benzene rings is 6. The topological polar surface area (TPSA) is 155 Å². The summed E-state index contributed by atoms with van der Waals surface area (Å²) in [5.74, 6) is -5.09. The van der Waals surface area contributed by atoms with Gasteiger partial charge in [0.1, 0.15) is 0 Å². The van der Waals surface area contributed by atoms with E-state index in [-0.39, 0.29) is 65.9 Å². The Morgan fingerprint density at radius 1 is 0.300 bits per heavy atom. The molecule has 0 aliphatic carbocycles. The molecule has 12 heterocycles. The van der Waals surface area contributed by atoms with Crippen molar-refractivity contribution in [1.82, 2.24) is 44.9 Å². The number of hydrogen-bond donors (Lipinski definition) is 0. The van der Waals surface area contributed by atoms with Crippen LogP contribution in [0.1, 0.15) is 202 Å². The van der Waals surface area contributed by atoms with Crippen LogP contribution in [0.15, 0.2) is 251 Å². The summed E-state index contributed by atoms with van der Waals surface area (Å²) in [6, 6.07) is 81.3. The number of hydrogen-bond acceptors (Lipinski definition) is 12. The molecule has 0 fully saturated rings. The van der Waals surface area contributed by atoms with Crippen molar-refractivity contribution in [3.63, 3.8) is 0 Å². The molecular formula is C105H99Ir3N9O3-6. The van der Waals surface area contributed by atoms with Crippen molar-refractivity contribution in [3.05, 3.63) is 341 Å². The van der Waals surface area contributed by atoms with Gasteiger partial charge in [0, 0.05) is 147 Å². The average Bonchev–Trinajstić information content (AvgIpc) is 1.57. The first kappa shape index (κ1) is 75.2. The van der Waals surface area contributed by atoms with Gasteiger partial charge < -0.3 is 43.2 Å². The van der Waals surface area contributed by atoms with Gasteiger partial charge in [-0.25, -0.2) is 15.0 Å². The fourth-order valence-corrected chi connectivity index (χ4v) is 13.7. The van der Waals surface area contributed by atoms with Crippen molar-refractivity contribution < 1.29 is 90.0 Å². The van der Waals surface area contributed by atoms with Crippen LogP contribution in [0, 0.1) is 77.8 Å². The van der Waals surface area contributed by atoms with E-state index in [2.05, 4.69) is 81.3 Å². The Balaban J connectivity index is 0.000000167. The Hall–Kier alpha value is -11.0. The average molecular weight is 2120 g/mol. The van der Waals surface area contributed by atoms with Crippen LogP contribution in [0.25, 0.3) is 134 Å². The molecule has 6 aromatic carbocycles. The van der Waals surface area contributed by atoms with Gasteiger partial charge in [0.2, 0.25) is 17.1 Å². The number of rotatable bonds is 12. The van der Waals surface area contributed by atoms with Crippen LogP contribution < -0.4 is 0 Å². The van der Waals surface area contributed by atoms with E-state index in [0.29, 0.717) is 39.5 Å². The maximum atomic E-state index is 8.67. The van der Waals surface area contributed by atoms with Crippen LogP contribution in [0.4, 0.5) is 0 Å². The van der Waals surface area contributed by atoms with E-state index >= 15 is 0 Å². The maximum Gasteiger partial charge on any atom is 0.216 e. The summed E-state index contributed by atoms with van der Waals surface area (Å²) in [6.45, 7) is 25.6. The molecule has 0 amide bonds. The monoisotopic (exact) mass is 2120 g/mol. The van der Waals surface area contributed by atoms with Gasteiger partial charge in [-0.1, -0.05) is 190 Å². The molecular weight excluding hydrogens is 2010 g/mol. The normalized spacial score (nSPS) is 13.2. The molecule has 0 atom stereocenters. The van der Waals surface area contributed by atoms with Crippen molar-refractivity contribution >= 4 is 66.2 Å². The van der Waals surface area contributed by atoms with Crippen LogP contribution in [0.2, 0.25) is 0 Å². The molecule has 120 heavy (non-hydrogen) atoms. The Labute approximate surface area is 764 Å². The van der Waals surface area contributed by atoms with Crippen molar-refractivity contribution in [2.24, 2.45) is 0 Å². The zero-order chi connectivity index (χ0) is 93.1. The number of nitrogens with zero attached hydrogens (tertiary/aromatic N) is 9. The van der Waals surface area contributed by atoms with Crippen LogP contribution in [0.5, 0.6) is 0 Å². The van der Waals surface area contributed by atoms with E-state index < -0.39 is 49.1 Å². The summed E-state index contributed by atoms with van der Waals surface area (Å²) < 4.78 is 115. The predicted octanol–water partition coefficient (Wildman–Crippen LogP) is 27.8. The number of fused-ring (bicyclic) bond motifs is 9. The van der Waals surface area contributed by atoms with Crippen LogP contribution in [0.3, 0.4) is 0 Å². The molecule has 0 aliphatic rings. The first-order chi connectivity index (χ1) is 60.7. The van der Waals surface area contributed by atoms with Gasteiger partial charge in [-0.2, -0.15) is 0 Å². The molecule has 0 bridgehead atoms. The Kier molecular flexibility index (Phi) is 26.2. The first-order valence-corrected chi connectivity index (χ1v) is 38.6. The smallest absolute Gasteiger partial charge is 0.216 e. The molecule has 615 valence electrons. The third kappa shape index (κ3) is 21.1. The summed E-state index contributed by atoms with van der Waals surface area (Å²) in [6.07, 6.45) is 9.82. The zero-order valence-electron chi connectivity index (χ0n) is 81.8. The van der Waals surface area contributed by atoms with E-state index in [0.717, 1.165) is 156 Å². The third-order valence-corrected chi connectivity index (χ3v) is 19.4. The maximum absolute atomic E-state index is 8.67. The van der Waals surface area contributed by atoms with Gasteiger partial charge >= 0.3 is 0 Å². The minimum absolute atomic E-state index is 0. The molecule has 12 nitrogen and oxygen atoms in total. The van der Waals surface area contributed by atoms with E-state index in [1.807, 2.05) is 280 Å². The fraction of sp³-hybridized carbons (Fsp3) is 0.229. The fourth-order valence-electron chi connectivity index (χ4n) is 13.7. The van der Waals surface area contributed by atoms with E-state index in [9.17, 15) is 0 Å². The van der Waals surface area contributed by atoms with Crippen molar-refractivity contribution in [1.29, 1.82) is 0 Å². The largest absolute Gasteiger partial charge is 0.486 e. The van der Waals surface area contributed by atoms with Crippen LogP contribution >= 0.6 is 0 Å². The molecule has 0 saturated heterocycles. The second-order valence-corrected chi connectivity index (χ2v) is 29.6. The van der Waals surface area contributed by atoms with Crippen LogP contribution in [-0.2, 0) is 60.3 Å². The minimum atomic E-state index is -2.10. The molecule has 15 heteroatoms. The molecule has 3 radical (unpaired) electrons. The Morgan fingerprint density at radius 2 is 0.617 bits per heavy atom. The minimum Gasteiger partial charge on any atom is -0.486 e. The SMILES string of the molecule is [2H]C(C)(C)c1cc(C)nc2oc3c(-c4ccccn4)[c-]cc(C([2H])(C)C)c3c12.[2H]C(C)(C)c1cc(C)nc2oc3c(-c4ccccn4)[c-]cc(C([2H])(C)C)c3c12.[2H]C(C)(C)c1cc(C)nc2oc3c(-c4ccccn4)[c-]cc(C([2H])(C)C)c3c12.[2H]C([2H])([2H])c1ccc(-c2[c-]cccc2)nc1.[2H]C([2H])([2H])c1cnc(-c2[c-]cccc2)cc1C.[Ir].[Ir].[Ir].[c-]1ccccc1-c1ccccn1. The molecule has 0 N–H and O–H groups in total. The van der Waals surface area contributed by atoms with Gasteiger partial charge in [0.05, 0.1) is 16.7 Å². The second kappa shape index (κ2) is 41.8. The molecule has 0 saturated carbocycles. The van der Waals surface area contributed by atoms with Crippen molar-refractivity contribution in [2.75, 3.05) is 0 Å². The molecule has 0 unspecified atom stereocenters. The summed E-state index contributed by atoms with van der Waals surface area (Å²) in [4.78, 5) is 39.7. The number of furan rings is 3. The number of aryl methyl sites for hydroxylation is 6. The summed E-state index contributed by atoms with van der Waals surface area (Å²) in [5, 5.41) is 4.91. The van der Waals surface area contributed by atoms with E-state index in [4.69, 9.17) is 29.7 Å². The quantitative estimate of drug-likeness (QED) is 0.107. The number of pyridine rings is 9.